The second-order valence-corrected chi connectivity index (χ2v) is 6.40. The summed E-state index contributed by atoms with van der Waals surface area (Å²) >= 11 is 0. The van der Waals surface area contributed by atoms with Crippen molar-refractivity contribution in [2.75, 3.05) is 12.4 Å². The van der Waals surface area contributed by atoms with E-state index in [-0.39, 0.29) is 5.91 Å². The molecule has 0 radical (unpaired) electrons. The number of amides is 1. The first kappa shape index (κ1) is 18.4. The van der Waals surface area contributed by atoms with Crippen LogP contribution in [0.4, 0.5) is 11.6 Å². The van der Waals surface area contributed by atoms with Crippen molar-refractivity contribution in [3.63, 3.8) is 0 Å². The molecule has 0 bridgehead atoms. The Balaban J connectivity index is 1.57. The smallest absolute Gasteiger partial charge is 0.255 e. The lowest BCUT2D eigenvalue weighted by molar-refractivity contribution is 0.0963. The topological polar surface area (TPSA) is 102 Å². The van der Waals surface area contributed by atoms with Crippen LogP contribution < -0.4 is 15.4 Å². The predicted molar refractivity (Wildman–Crippen MR) is 109 cm³/mol. The molecule has 0 fully saturated rings. The van der Waals surface area contributed by atoms with E-state index in [2.05, 4.69) is 25.6 Å². The molecule has 0 saturated carbocycles. The third-order valence-electron chi connectivity index (χ3n) is 4.31. The standard InChI is InChI=1S/C21H19N5O3/c1-12-4-5-14(11-24-12)25-21-23-9-8-18(26-21)29-15-6-7-16-17(10-15)28-13(2)19(16)20(27)22-3/h4-11H,1-3H3,(H,22,27)(H,23,25,26). The maximum atomic E-state index is 12.1. The van der Waals surface area contributed by atoms with Crippen LogP contribution in [0.3, 0.4) is 0 Å². The lowest BCUT2D eigenvalue weighted by atomic mass is 10.1. The summed E-state index contributed by atoms with van der Waals surface area (Å²) in [7, 11) is 1.59. The predicted octanol–water partition coefficient (Wildman–Crippen LogP) is 4.13. The summed E-state index contributed by atoms with van der Waals surface area (Å²) in [5.74, 6) is 1.67. The Bertz CT molecular complexity index is 1180. The number of anilines is 2. The Labute approximate surface area is 167 Å². The van der Waals surface area contributed by atoms with E-state index in [4.69, 9.17) is 9.15 Å². The molecule has 8 nitrogen and oxygen atoms in total. The Morgan fingerprint density at radius 3 is 2.72 bits per heavy atom. The Hall–Kier alpha value is -3.94. The highest BCUT2D eigenvalue weighted by Crippen LogP contribution is 2.30. The monoisotopic (exact) mass is 389 g/mol. The number of hydrogen-bond acceptors (Lipinski definition) is 7. The lowest BCUT2D eigenvalue weighted by Gasteiger charge is -2.08. The minimum atomic E-state index is -0.188. The molecule has 2 N–H and O–H groups in total. The average Bonchev–Trinajstić information content (AvgIpc) is 3.04. The number of aryl methyl sites for hydroxylation is 2. The molecule has 0 saturated heterocycles. The second-order valence-electron chi connectivity index (χ2n) is 6.40. The number of nitrogens with zero attached hydrogens (tertiary/aromatic N) is 3. The van der Waals surface area contributed by atoms with Gasteiger partial charge in [0.2, 0.25) is 11.8 Å². The number of pyridine rings is 1. The van der Waals surface area contributed by atoms with Gasteiger partial charge < -0.3 is 19.8 Å². The van der Waals surface area contributed by atoms with Gasteiger partial charge in [-0.1, -0.05) is 0 Å². The number of ether oxygens (including phenoxy) is 1. The van der Waals surface area contributed by atoms with Gasteiger partial charge in [-0.3, -0.25) is 9.78 Å². The third kappa shape index (κ3) is 3.86. The summed E-state index contributed by atoms with van der Waals surface area (Å²) in [5, 5.41) is 6.44. The fourth-order valence-corrected chi connectivity index (χ4v) is 2.92. The largest absolute Gasteiger partial charge is 0.460 e. The van der Waals surface area contributed by atoms with E-state index in [1.807, 2.05) is 19.1 Å². The number of benzene rings is 1. The van der Waals surface area contributed by atoms with Crippen LogP contribution in [0.1, 0.15) is 21.8 Å². The zero-order chi connectivity index (χ0) is 20.4. The van der Waals surface area contributed by atoms with E-state index in [1.165, 1.54) is 0 Å². The molecule has 146 valence electrons. The third-order valence-corrected chi connectivity index (χ3v) is 4.31. The quantitative estimate of drug-likeness (QED) is 0.529. The molecule has 0 atom stereocenters. The summed E-state index contributed by atoms with van der Waals surface area (Å²) in [6.45, 7) is 3.68. The van der Waals surface area contributed by atoms with Gasteiger partial charge in [-0.25, -0.2) is 4.98 Å². The van der Waals surface area contributed by atoms with Gasteiger partial charge in [-0.15, -0.1) is 0 Å². The molecule has 0 aliphatic carbocycles. The summed E-state index contributed by atoms with van der Waals surface area (Å²) in [5.41, 5.74) is 2.80. The van der Waals surface area contributed by atoms with Crippen LogP contribution in [0, 0.1) is 13.8 Å². The summed E-state index contributed by atoms with van der Waals surface area (Å²) in [6.07, 6.45) is 3.31. The van der Waals surface area contributed by atoms with Crippen molar-refractivity contribution in [1.82, 2.24) is 20.3 Å². The van der Waals surface area contributed by atoms with E-state index in [9.17, 15) is 4.79 Å². The highest BCUT2D eigenvalue weighted by Gasteiger charge is 2.17. The zero-order valence-corrected chi connectivity index (χ0v) is 16.2. The van der Waals surface area contributed by atoms with Crippen LogP contribution in [0.25, 0.3) is 11.0 Å². The van der Waals surface area contributed by atoms with Crippen molar-refractivity contribution in [3.05, 3.63) is 65.8 Å². The van der Waals surface area contributed by atoms with E-state index in [0.29, 0.717) is 34.5 Å². The maximum Gasteiger partial charge on any atom is 0.255 e. The molecule has 4 rings (SSSR count). The first-order valence-electron chi connectivity index (χ1n) is 8.99. The van der Waals surface area contributed by atoms with Crippen LogP contribution in [0.15, 0.2) is 53.2 Å². The van der Waals surface area contributed by atoms with E-state index in [1.54, 1.807) is 50.6 Å². The average molecular weight is 389 g/mol. The fraction of sp³-hybridized carbons (Fsp3) is 0.143. The SMILES string of the molecule is CNC(=O)c1c(C)oc2cc(Oc3ccnc(Nc4ccc(C)nc4)n3)ccc12. The summed E-state index contributed by atoms with van der Waals surface area (Å²) in [4.78, 5) is 24.9. The molecule has 3 aromatic heterocycles. The van der Waals surface area contributed by atoms with E-state index < -0.39 is 0 Å². The Morgan fingerprint density at radius 1 is 1.10 bits per heavy atom. The number of nitrogens with one attached hydrogen (secondary N) is 2. The number of rotatable bonds is 5. The van der Waals surface area contributed by atoms with Gasteiger partial charge in [0, 0.05) is 36.5 Å². The first-order valence-corrected chi connectivity index (χ1v) is 8.99. The van der Waals surface area contributed by atoms with Crippen molar-refractivity contribution in [2.45, 2.75) is 13.8 Å². The van der Waals surface area contributed by atoms with Crippen molar-refractivity contribution < 1.29 is 13.9 Å². The molecule has 0 aliphatic rings. The van der Waals surface area contributed by atoms with Gasteiger partial charge in [0.05, 0.1) is 17.4 Å². The minimum Gasteiger partial charge on any atom is -0.460 e. The number of carbonyl (C=O) groups excluding carboxylic acids is 1. The van der Waals surface area contributed by atoms with Gasteiger partial charge in [0.15, 0.2) is 0 Å². The van der Waals surface area contributed by atoms with Crippen molar-refractivity contribution in [2.24, 2.45) is 0 Å². The van der Waals surface area contributed by atoms with Crippen LogP contribution in [0.5, 0.6) is 11.6 Å². The fourth-order valence-electron chi connectivity index (χ4n) is 2.92. The first-order chi connectivity index (χ1) is 14.0. The van der Waals surface area contributed by atoms with Gasteiger partial charge in [-0.2, -0.15) is 4.98 Å². The molecule has 1 amide bonds. The zero-order valence-electron chi connectivity index (χ0n) is 16.2. The maximum absolute atomic E-state index is 12.1. The summed E-state index contributed by atoms with van der Waals surface area (Å²) in [6, 6.07) is 10.7. The van der Waals surface area contributed by atoms with Gasteiger partial charge >= 0.3 is 0 Å². The number of furan rings is 1. The summed E-state index contributed by atoms with van der Waals surface area (Å²) < 4.78 is 11.6. The van der Waals surface area contributed by atoms with Crippen LogP contribution in [0.2, 0.25) is 0 Å². The van der Waals surface area contributed by atoms with Gasteiger partial charge in [0.1, 0.15) is 17.1 Å². The van der Waals surface area contributed by atoms with E-state index in [0.717, 1.165) is 16.8 Å². The molecule has 4 aromatic rings. The highest BCUT2D eigenvalue weighted by molar-refractivity contribution is 6.07. The van der Waals surface area contributed by atoms with Gasteiger partial charge in [0.25, 0.3) is 5.91 Å². The van der Waals surface area contributed by atoms with Gasteiger partial charge in [-0.05, 0) is 38.1 Å². The molecular formula is C21H19N5O3. The molecular weight excluding hydrogens is 370 g/mol. The second kappa shape index (κ2) is 7.59. The number of carbonyl (C=O) groups is 1. The van der Waals surface area contributed by atoms with Crippen molar-refractivity contribution in [3.8, 4) is 11.6 Å². The van der Waals surface area contributed by atoms with Crippen LogP contribution >= 0.6 is 0 Å². The molecule has 0 unspecified atom stereocenters. The number of hydrogen-bond donors (Lipinski definition) is 2. The Kier molecular flexibility index (Phi) is 4.82. The van der Waals surface area contributed by atoms with Crippen LogP contribution in [-0.4, -0.2) is 27.9 Å². The highest BCUT2D eigenvalue weighted by atomic mass is 16.5. The van der Waals surface area contributed by atoms with Crippen molar-refractivity contribution in [1.29, 1.82) is 0 Å². The number of aromatic nitrogens is 3. The molecule has 0 aliphatic heterocycles. The lowest BCUT2D eigenvalue weighted by Crippen LogP contribution is -2.18. The normalized spacial score (nSPS) is 10.7. The van der Waals surface area contributed by atoms with Crippen molar-refractivity contribution >= 4 is 28.5 Å². The van der Waals surface area contributed by atoms with Crippen LogP contribution in [-0.2, 0) is 0 Å². The Morgan fingerprint density at radius 2 is 1.97 bits per heavy atom. The molecule has 0 spiro atoms. The minimum absolute atomic E-state index is 0.188. The molecule has 29 heavy (non-hydrogen) atoms. The molecule has 1 aromatic carbocycles. The van der Waals surface area contributed by atoms with E-state index >= 15 is 0 Å². The molecule has 3 heterocycles. The number of fused-ring (bicyclic) bond motifs is 1. The molecule has 8 heteroatoms.